The molecule has 0 fully saturated rings. The van der Waals surface area contributed by atoms with Crippen LogP contribution in [0.4, 0.5) is 0 Å². The van der Waals surface area contributed by atoms with E-state index >= 15 is 0 Å². The minimum absolute atomic E-state index is 0.0208. The fraction of sp³-hybridized carbons (Fsp3) is 0.250. The van der Waals surface area contributed by atoms with Crippen LogP contribution in [0.5, 0.6) is 0 Å². The number of thiophene rings is 2. The molecule has 0 atom stereocenters. The summed E-state index contributed by atoms with van der Waals surface area (Å²) in [5.74, 6) is 0. The number of nitrogens with one attached hydrogen (secondary N) is 1. The minimum atomic E-state index is -4.45. The van der Waals surface area contributed by atoms with Gasteiger partial charge in [0.15, 0.2) is 0 Å². The zero-order valence-corrected chi connectivity index (χ0v) is 13.5. The molecule has 2 rings (SSSR count). The van der Waals surface area contributed by atoms with Crippen molar-refractivity contribution in [1.82, 2.24) is 4.72 Å². The van der Waals surface area contributed by atoms with Gasteiger partial charge in [-0.2, -0.15) is 4.72 Å². The Balaban J connectivity index is 2.24. The molecule has 0 aliphatic rings. The van der Waals surface area contributed by atoms with Crippen molar-refractivity contribution in [3.8, 4) is 0 Å². The van der Waals surface area contributed by atoms with E-state index in [1.54, 1.807) is 6.07 Å². The second-order valence-corrected chi connectivity index (χ2v) is 9.97. The van der Waals surface area contributed by atoms with E-state index < -0.39 is 23.9 Å². The molecule has 2 heterocycles. The molecule has 0 aromatic carbocycles. The van der Waals surface area contributed by atoms with Crippen LogP contribution in [-0.2, 0) is 21.1 Å². The number of sulfonamides is 1. The molecule has 0 amide bonds. The van der Waals surface area contributed by atoms with Crippen LogP contribution in [0.2, 0.25) is 0 Å². The minimum Gasteiger partial charge on any atom is -0.324 e. The molecule has 0 unspecified atom stereocenters. The van der Waals surface area contributed by atoms with Crippen molar-refractivity contribution in [3.63, 3.8) is 0 Å². The van der Waals surface area contributed by atoms with E-state index in [9.17, 15) is 13.0 Å². The van der Waals surface area contributed by atoms with Crippen LogP contribution in [0.25, 0.3) is 19.8 Å². The predicted molar refractivity (Wildman–Crippen MR) is 79.8 cm³/mol. The van der Waals surface area contributed by atoms with Gasteiger partial charge in [0, 0.05) is 15.2 Å². The Morgan fingerprint density at radius 1 is 1.38 bits per heavy atom. The van der Waals surface area contributed by atoms with E-state index in [0.717, 1.165) is 20.2 Å². The normalized spacial score (nSPS) is 12.5. The smallest absolute Gasteiger partial charge is 0.324 e. The zero-order chi connectivity index (χ0) is 15.7. The maximum Gasteiger partial charge on any atom is 0.340 e. The molecule has 0 radical (unpaired) electrons. The molecule has 3 N–H and O–H groups in total. The van der Waals surface area contributed by atoms with Crippen molar-refractivity contribution in [2.75, 3.05) is 6.29 Å². The molecule has 0 aliphatic heterocycles. The Morgan fingerprint density at radius 2 is 2.10 bits per heavy atom. The molecule has 9 nitrogen and oxygen atoms in total. The molecule has 21 heavy (non-hydrogen) atoms. The number of azide groups is 1. The highest BCUT2D eigenvalue weighted by Gasteiger charge is 2.22. The molecule has 2 aromatic rings. The van der Waals surface area contributed by atoms with Crippen LogP contribution in [0.1, 0.15) is 4.88 Å². The van der Waals surface area contributed by atoms with E-state index in [1.807, 2.05) is 4.72 Å². The fourth-order valence-electron chi connectivity index (χ4n) is 1.42. The Labute approximate surface area is 127 Å². The standard InChI is InChI=1S/C8H9N4O5PS3/c9-12-10-3-6-1-5-2-7(20-8(5)19-6)21(16,17)11-4-18(13,14)15/h1-2,11H,3-4H2,(H2,13,14,15). The summed E-state index contributed by atoms with van der Waals surface area (Å²) in [5, 5.41) is 4.11. The van der Waals surface area contributed by atoms with Gasteiger partial charge in [0.05, 0.1) is 10.6 Å². The number of hydrogen-bond donors (Lipinski definition) is 3. The first-order valence-corrected chi connectivity index (χ1v) is 10.2. The van der Waals surface area contributed by atoms with Gasteiger partial charge in [0.2, 0.25) is 0 Å². The van der Waals surface area contributed by atoms with Crippen LogP contribution < -0.4 is 4.72 Å². The van der Waals surface area contributed by atoms with Crippen LogP contribution in [0, 0.1) is 0 Å². The van der Waals surface area contributed by atoms with Gasteiger partial charge in [-0.15, -0.1) is 22.7 Å². The van der Waals surface area contributed by atoms with Gasteiger partial charge < -0.3 is 9.79 Å². The first-order chi connectivity index (χ1) is 9.71. The van der Waals surface area contributed by atoms with Crippen LogP contribution in [0.15, 0.2) is 21.5 Å². The molecule has 13 heteroatoms. The third kappa shape index (κ3) is 4.25. The second kappa shape index (κ2) is 6.03. The van der Waals surface area contributed by atoms with Gasteiger partial charge >= 0.3 is 7.60 Å². The Hall–Kier alpha value is -0.970. The predicted octanol–water partition coefficient (Wildman–Crippen LogP) is 2.19. The average Bonchev–Trinajstić information content (AvgIpc) is 2.91. The second-order valence-electron chi connectivity index (χ2n) is 3.88. The van der Waals surface area contributed by atoms with Gasteiger partial charge in [0.1, 0.15) is 10.5 Å². The van der Waals surface area contributed by atoms with E-state index in [0.29, 0.717) is 5.39 Å². The van der Waals surface area contributed by atoms with Gasteiger partial charge in [0.25, 0.3) is 10.0 Å². The highest BCUT2D eigenvalue weighted by Crippen LogP contribution is 2.37. The molecule has 0 aliphatic carbocycles. The van der Waals surface area contributed by atoms with E-state index in [-0.39, 0.29) is 10.8 Å². The molecule has 0 saturated heterocycles. The molecular formula is C8H9N4O5PS3. The quantitative estimate of drug-likeness (QED) is 0.309. The largest absolute Gasteiger partial charge is 0.340 e. The number of hydrogen-bond acceptors (Lipinski definition) is 6. The average molecular weight is 368 g/mol. The highest BCUT2D eigenvalue weighted by atomic mass is 32.2. The zero-order valence-electron chi connectivity index (χ0n) is 10.2. The van der Waals surface area contributed by atoms with Gasteiger partial charge in [-0.3, -0.25) is 4.57 Å². The summed E-state index contributed by atoms with van der Waals surface area (Å²) >= 11 is 2.30. The topological polar surface area (TPSA) is 152 Å². The maximum absolute atomic E-state index is 11.9. The van der Waals surface area contributed by atoms with Crippen LogP contribution >= 0.6 is 30.3 Å². The van der Waals surface area contributed by atoms with Crippen molar-refractivity contribution in [2.24, 2.45) is 5.11 Å². The summed E-state index contributed by atoms with van der Waals surface area (Å²) in [6.07, 6.45) is -0.941. The van der Waals surface area contributed by atoms with E-state index in [4.69, 9.17) is 15.3 Å². The van der Waals surface area contributed by atoms with E-state index in [2.05, 4.69) is 10.0 Å². The molecule has 0 saturated carbocycles. The van der Waals surface area contributed by atoms with Crippen molar-refractivity contribution in [2.45, 2.75) is 10.8 Å². The Bertz CT molecular complexity index is 828. The summed E-state index contributed by atoms with van der Waals surface area (Å²) in [6.45, 7) is 0.196. The van der Waals surface area contributed by atoms with Crippen molar-refractivity contribution in [3.05, 3.63) is 27.5 Å². The fourth-order valence-corrected chi connectivity index (χ4v) is 6.36. The number of nitrogens with zero attached hydrogens (tertiary/aromatic N) is 3. The molecule has 0 bridgehead atoms. The lowest BCUT2D eigenvalue weighted by atomic mass is 10.4. The van der Waals surface area contributed by atoms with Gasteiger partial charge in [-0.05, 0) is 17.7 Å². The lowest BCUT2D eigenvalue weighted by molar-refractivity contribution is 0.371. The first kappa shape index (κ1) is 16.4. The van der Waals surface area contributed by atoms with E-state index in [1.165, 1.54) is 17.4 Å². The molecular weight excluding hydrogens is 359 g/mol. The molecule has 114 valence electrons. The van der Waals surface area contributed by atoms with Crippen molar-refractivity contribution >= 4 is 49.7 Å². The third-order valence-electron chi connectivity index (χ3n) is 2.26. The summed E-state index contributed by atoms with van der Waals surface area (Å²) in [6, 6.07) is 3.13. The first-order valence-electron chi connectivity index (χ1n) is 5.28. The SMILES string of the molecule is [N-]=[N+]=NCc1cc2cc(S(=O)(=O)NCP(=O)(O)O)sc2s1. The lowest BCUT2D eigenvalue weighted by Crippen LogP contribution is -2.23. The number of rotatable bonds is 6. The van der Waals surface area contributed by atoms with Crippen LogP contribution in [-0.4, -0.2) is 24.5 Å². The summed E-state index contributed by atoms with van der Waals surface area (Å²) in [7, 11) is -8.41. The Kier molecular flexibility index (Phi) is 4.71. The van der Waals surface area contributed by atoms with Gasteiger partial charge in [-0.25, -0.2) is 8.42 Å². The summed E-state index contributed by atoms with van der Waals surface area (Å²) < 4.78 is 37.1. The maximum atomic E-state index is 11.9. The van der Waals surface area contributed by atoms with Crippen LogP contribution in [0.3, 0.4) is 0 Å². The van der Waals surface area contributed by atoms with Crippen molar-refractivity contribution < 1.29 is 22.8 Å². The van der Waals surface area contributed by atoms with Gasteiger partial charge in [-0.1, -0.05) is 5.11 Å². The number of fused-ring (bicyclic) bond motifs is 1. The monoisotopic (exact) mass is 368 g/mol. The Morgan fingerprint density at radius 3 is 2.67 bits per heavy atom. The molecule has 0 spiro atoms. The summed E-state index contributed by atoms with van der Waals surface area (Å²) in [5.41, 5.74) is 8.24. The van der Waals surface area contributed by atoms with Crippen molar-refractivity contribution in [1.29, 1.82) is 0 Å². The lowest BCUT2D eigenvalue weighted by Gasteiger charge is -2.05. The molecule has 2 aromatic heterocycles. The summed E-state index contributed by atoms with van der Waals surface area (Å²) in [4.78, 5) is 20.8. The highest BCUT2D eigenvalue weighted by molar-refractivity contribution is 7.92. The third-order valence-corrected chi connectivity index (χ3v) is 7.29.